The summed E-state index contributed by atoms with van der Waals surface area (Å²) >= 11 is 0. The molecule has 0 saturated carbocycles. The van der Waals surface area contributed by atoms with Gasteiger partial charge in [-0.3, -0.25) is 0 Å². The van der Waals surface area contributed by atoms with Crippen LogP contribution in [-0.4, -0.2) is 11.8 Å². The van der Waals surface area contributed by atoms with Gasteiger partial charge in [-0.05, 0) is 127 Å². The van der Waals surface area contributed by atoms with Crippen LogP contribution in [0.5, 0.6) is 0 Å². The lowest BCUT2D eigenvalue weighted by Crippen LogP contribution is -2.38. The Morgan fingerprint density at radius 3 is 1.95 bits per heavy atom. The highest BCUT2D eigenvalue weighted by Crippen LogP contribution is 2.53. The Labute approximate surface area is 367 Å². The molecule has 0 fully saturated rings. The second-order valence-corrected chi connectivity index (χ2v) is 22.0. The maximum atomic E-state index is 6.55. The predicted octanol–water partition coefficient (Wildman–Crippen LogP) is 14.3. The molecule has 0 bridgehead atoms. The molecule has 11 rings (SSSR count). The van der Waals surface area contributed by atoms with Crippen LogP contribution < -0.4 is 16.2 Å². The molecule has 0 saturated heterocycles. The number of fused-ring (bicyclic) bond motifs is 11. The van der Waals surface area contributed by atoms with Gasteiger partial charge in [0.1, 0.15) is 11.2 Å². The summed E-state index contributed by atoms with van der Waals surface area (Å²) in [4.78, 5) is 0. The van der Waals surface area contributed by atoms with E-state index in [1.807, 2.05) is 0 Å². The van der Waals surface area contributed by atoms with Gasteiger partial charge in [0.05, 0.1) is 5.52 Å². The summed E-state index contributed by atoms with van der Waals surface area (Å²) in [5, 5.41) is 8.88. The Balaban J connectivity index is 1.22. The molecule has 2 aromatic heterocycles. The molecule has 308 valence electrons. The number of hydrogen-bond donors (Lipinski definition) is 1. The second-order valence-electron chi connectivity index (χ2n) is 22.0. The van der Waals surface area contributed by atoms with Crippen molar-refractivity contribution in [3.8, 4) is 27.9 Å². The van der Waals surface area contributed by atoms with E-state index in [9.17, 15) is 0 Å². The zero-order valence-corrected chi connectivity index (χ0v) is 38.5. The summed E-state index contributed by atoms with van der Waals surface area (Å²) in [5.74, 6) is 0. The van der Waals surface area contributed by atoms with E-state index in [0.717, 1.165) is 40.6 Å². The summed E-state index contributed by atoms with van der Waals surface area (Å²) < 4.78 is 9.13. The lowest BCUT2D eigenvalue weighted by atomic mass is 9.58. The van der Waals surface area contributed by atoms with Crippen LogP contribution in [0.3, 0.4) is 0 Å². The number of nitrogens with zero attached hydrogens (tertiary/aromatic N) is 1. The molecular formula is C58H57BN2O. The Morgan fingerprint density at radius 2 is 1.23 bits per heavy atom. The van der Waals surface area contributed by atoms with Gasteiger partial charge in [0.25, 0.3) is 0 Å². The second kappa shape index (κ2) is 12.8. The Kier molecular flexibility index (Phi) is 8.02. The van der Waals surface area contributed by atoms with Gasteiger partial charge in [-0.2, -0.15) is 0 Å². The van der Waals surface area contributed by atoms with Crippen molar-refractivity contribution in [1.82, 2.24) is 4.57 Å². The van der Waals surface area contributed by atoms with Crippen LogP contribution in [0.2, 0.25) is 0 Å². The van der Waals surface area contributed by atoms with E-state index in [1.165, 1.54) is 94.1 Å². The first-order valence-corrected chi connectivity index (χ1v) is 22.5. The summed E-state index contributed by atoms with van der Waals surface area (Å²) in [6.45, 7) is 27.9. The number of benzene rings is 7. The van der Waals surface area contributed by atoms with E-state index < -0.39 is 0 Å². The quantitative estimate of drug-likeness (QED) is 0.180. The van der Waals surface area contributed by atoms with Gasteiger partial charge in [-0.15, -0.1) is 0 Å². The van der Waals surface area contributed by atoms with Crippen molar-refractivity contribution in [3.05, 3.63) is 149 Å². The predicted molar refractivity (Wildman–Crippen MR) is 268 cm³/mol. The summed E-state index contributed by atoms with van der Waals surface area (Å²) in [6, 6.07) is 44.2. The van der Waals surface area contributed by atoms with Gasteiger partial charge in [0.2, 0.25) is 0 Å². The largest absolute Gasteiger partial charge is 0.456 e. The number of para-hydroxylation sites is 1. The first-order chi connectivity index (χ1) is 29.3. The first kappa shape index (κ1) is 38.9. The molecule has 3 heterocycles. The number of hydrogen-bond acceptors (Lipinski definition) is 2. The average molecular weight is 809 g/mol. The minimum absolute atomic E-state index is 0.0218. The number of anilines is 2. The fraction of sp³-hybridized carbons (Fsp3) is 0.276. The van der Waals surface area contributed by atoms with E-state index in [0.29, 0.717) is 0 Å². The van der Waals surface area contributed by atoms with Crippen LogP contribution in [-0.2, 0) is 21.7 Å². The number of aromatic nitrogens is 1. The van der Waals surface area contributed by atoms with Gasteiger partial charge in [0, 0.05) is 55.1 Å². The van der Waals surface area contributed by atoms with Crippen molar-refractivity contribution < 1.29 is 4.42 Å². The maximum absolute atomic E-state index is 6.55. The van der Waals surface area contributed by atoms with Gasteiger partial charge in [0.15, 0.2) is 7.28 Å². The molecule has 0 radical (unpaired) electrons. The van der Waals surface area contributed by atoms with Gasteiger partial charge in [-0.25, -0.2) is 0 Å². The molecule has 1 N–H and O–H groups in total. The maximum Gasteiger partial charge on any atom is 0.198 e. The third-order valence-corrected chi connectivity index (χ3v) is 14.4. The normalized spacial score (nSPS) is 14.4. The fourth-order valence-electron chi connectivity index (χ4n) is 10.7. The van der Waals surface area contributed by atoms with Crippen LogP contribution >= 0.6 is 0 Å². The molecule has 1 aliphatic heterocycles. The molecule has 0 unspecified atom stereocenters. The third-order valence-electron chi connectivity index (χ3n) is 14.4. The smallest absolute Gasteiger partial charge is 0.198 e. The molecule has 0 amide bonds. The molecule has 2 aliphatic rings. The highest BCUT2D eigenvalue weighted by atomic mass is 16.3. The van der Waals surface area contributed by atoms with Crippen molar-refractivity contribution in [3.63, 3.8) is 0 Å². The highest BCUT2D eigenvalue weighted by molar-refractivity contribution is 6.73. The van der Waals surface area contributed by atoms with Crippen molar-refractivity contribution >= 4 is 73.3 Å². The molecule has 62 heavy (non-hydrogen) atoms. The number of aryl methyl sites for hydroxylation is 1. The monoisotopic (exact) mass is 808 g/mol. The van der Waals surface area contributed by atoms with Crippen molar-refractivity contribution in [2.24, 2.45) is 0 Å². The molecule has 7 aromatic carbocycles. The van der Waals surface area contributed by atoms with E-state index in [1.54, 1.807) is 0 Å². The first-order valence-electron chi connectivity index (χ1n) is 22.5. The van der Waals surface area contributed by atoms with Gasteiger partial charge >= 0.3 is 0 Å². The topological polar surface area (TPSA) is 30.1 Å². The Morgan fingerprint density at radius 1 is 0.565 bits per heavy atom. The molecule has 0 atom stereocenters. The van der Waals surface area contributed by atoms with Crippen molar-refractivity contribution in [2.45, 2.75) is 105 Å². The Bertz CT molecular complexity index is 3370. The zero-order chi connectivity index (χ0) is 43.4. The van der Waals surface area contributed by atoms with Crippen LogP contribution in [0.4, 0.5) is 11.4 Å². The summed E-state index contributed by atoms with van der Waals surface area (Å²) in [5.41, 5.74) is 23.9. The van der Waals surface area contributed by atoms with Crippen molar-refractivity contribution in [1.29, 1.82) is 0 Å². The van der Waals surface area contributed by atoms with Crippen molar-refractivity contribution in [2.75, 3.05) is 5.32 Å². The van der Waals surface area contributed by atoms with Crippen LogP contribution in [0.15, 0.2) is 120 Å². The van der Waals surface area contributed by atoms with E-state index in [-0.39, 0.29) is 21.7 Å². The number of rotatable bonds is 3. The van der Waals surface area contributed by atoms with E-state index in [4.69, 9.17) is 4.42 Å². The van der Waals surface area contributed by atoms with Crippen LogP contribution in [0, 0.1) is 6.92 Å². The molecular weight excluding hydrogens is 751 g/mol. The fourth-order valence-corrected chi connectivity index (χ4v) is 10.7. The number of furan rings is 1. The molecule has 9 aromatic rings. The minimum atomic E-state index is -0.166. The molecule has 0 spiro atoms. The highest BCUT2D eigenvalue weighted by Gasteiger charge is 2.38. The summed E-state index contributed by atoms with van der Waals surface area (Å²) in [6.07, 6.45) is 0. The van der Waals surface area contributed by atoms with Gasteiger partial charge in [-0.1, -0.05) is 148 Å². The lowest BCUT2D eigenvalue weighted by molar-refractivity contribution is 0.584. The van der Waals surface area contributed by atoms with E-state index >= 15 is 0 Å². The zero-order valence-electron chi connectivity index (χ0n) is 38.5. The summed E-state index contributed by atoms with van der Waals surface area (Å²) in [7, 11) is 0.842. The van der Waals surface area contributed by atoms with Gasteiger partial charge < -0.3 is 14.3 Å². The average Bonchev–Trinajstić information content (AvgIpc) is 3.82. The SMILES string of the molecule is Cc1cc(-c2cc3c(cc2Nc2ccc(C(C)(C)C)cc2)C(C)(C)c2cc(C(C)(C)C)ccc2-3)c2c3c1c1cc4oc5ccccc5c4cc1n3-c1ccc(C(C)(C)C)cc1B2. The lowest BCUT2D eigenvalue weighted by Gasteiger charge is -2.28. The molecule has 3 nitrogen and oxygen atoms in total. The Hall–Kier alpha value is -6.00. The third kappa shape index (κ3) is 5.71. The standard InChI is InChI=1S/C58H57BN2O/c1-32-25-42(40-28-39-37-23-19-34(56(5,6)7)26-44(37)58(11,12)45(39)31-47(40)60-36-21-17-33(18-22-36)55(2,3)4)53-54-52(32)43-30-51-41(38-15-13-14-16-50(38)62-51)29-49(43)61(54)48-24-20-35(57(8,9)10)27-46(48)59-53/h13-31,59-60H,1-12H3. The van der Waals surface area contributed by atoms with Crippen LogP contribution in [0.25, 0.3) is 71.7 Å². The molecule has 4 heteroatoms. The van der Waals surface area contributed by atoms with E-state index in [2.05, 4.69) is 208 Å². The number of nitrogens with one attached hydrogen (secondary N) is 1. The molecule has 1 aliphatic carbocycles. The van der Waals surface area contributed by atoms with Crippen LogP contribution in [0.1, 0.15) is 110 Å². The minimum Gasteiger partial charge on any atom is -0.456 e.